The fourth-order valence-corrected chi connectivity index (χ4v) is 2.69. The molecular formula is C22H25N5O2. The van der Waals surface area contributed by atoms with Gasteiger partial charge in [0.2, 0.25) is 0 Å². The number of amides is 1. The van der Waals surface area contributed by atoms with Gasteiger partial charge in [-0.05, 0) is 74.4 Å². The molecule has 0 aliphatic rings. The molecule has 0 radical (unpaired) electrons. The van der Waals surface area contributed by atoms with Crippen LogP contribution < -0.4 is 10.1 Å². The lowest BCUT2D eigenvalue weighted by Gasteiger charge is -2.16. The maximum atomic E-state index is 12.5. The highest BCUT2D eigenvalue weighted by molar-refractivity contribution is 5.92. The molecule has 0 aliphatic carbocycles. The molecule has 3 aromatic rings. The molecule has 7 nitrogen and oxygen atoms in total. The van der Waals surface area contributed by atoms with Crippen molar-refractivity contribution in [2.24, 2.45) is 0 Å². The third kappa shape index (κ3) is 6.00. The Bertz CT molecular complexity index is 912. The summed E-state index contributed by atoms with van der Waals surface area (Å²) in [5.41, 5.74) is 2.31. The van der Waals surface area contributed by atoms with Crippen molar-refractivity contribution in [3.8, 4) is 5.75 Å². The summed E-state index contributed by atoms with van der Waals surface area (Å²) in [6.07, 6.45) is 4.39. The molecule has 29 heavy (non-hydrogen) atoms. The van der Waals surface area contributed by atoms with Crippen molar-refractivity contribution in [1.29, 1.82) is 0 Å². The number of hydrogen-bond donors (Lipinski definition) is 1. The maximum Gasteiger partial charge on any atom is 0.274 e. The Morgan fingerprint density at radius 1 is 1.03 bits per heavy atom. The van der Waals surface area contributed by atoms with Gasteiger partial charge in [0, 0.05) is 31.7 Å². The van der Waals surface area contributed by atoms with E-state index in [0.717, 1.165) is 23.4 Å². The van der Waals surface area contributed by atoms with Crippen LogP contribution in [0.15, 0.2) is 60.9 Å². The Morgan fingerprint density at radius 3 is 2.38 bits per heavy atom. The molecular weight excluding hydrogens is 366 g/mol. The zero-order valence-corrected chi connectivity index (χ0v) is 16.9. The van der Waals surface area contributed by atoms with Crippen molar-refractivity contribution in [2.75, 3.05) is 18.9 Å². The molecule has 2 heterocycles. The number of benzene rings is 1. The van der Waals surface area contributed by atoms with Gasteiger partial charge in [-0.3, -0.25) is 9.78 Å². The van der Waals surface area contributed by atoms with E-state index in [4.69, 9.17) is 4.74 Å². The molecule has 0 aliphatic heterocycles. The summed E-state index contributed by atoms with van der Waals surface area (Å²) in [5, 5.41) is 11.4. The van der Waals surface area contributed by atoms with E-state index >= 15 is 0 Å². The number of likely N-dealkylation sites (N-methyl/N-ethyl adjacent to an activating group) is 1. The average Bonchev–Trinajstić information content (AvgIpc) is 2.74. The quantitative estimate of drug-likeness (QED) is 0.630. The second kappa shape index (κ2) is 9.64. The summed E-state index contributed by atoms with van der Waals surface area (Å²) >= 11 is 0. The van der Waals surface area contributed by atoms with Crippen LogP contribution in [0.3, 0.4) is 0 Å². The molecule has 2 aromatic heterocycles. The predicted molar refractivity (Wildman–Crippen MR) is 112 cm³/mol. The van der Waals surface area contributed by atoms with E-state index in [9.17, 15) is 4.79 Å². The molecule has 1 aromatic carbocycles. The van der Waals surface area contributed by atoms with E-state index in [2.05, 4.69) is 20.5 Å². The molecule has 150 valence electrons. The zero-order chi connectivity index (χ0) is 20.6. The van der Waals surface area contributed by atoms with E-state index in [1.54, 1.807) is 36.5 Å². The Morgan fingerprint density at radius 2 is 1.76 bits per heavy atom. The van der Waals surface area contributed by atoms with Crippen molar-refractivity contribution >= 4 is 17.4 Å². The van der Waals surface area contributed by atoms with Crippen molar-refractivity contribution in [3.05, 3.63) is 72.2 Å². The number of hydrogen-bond acceptors (Lipinski definition) is 6. The van der Waals surface area contributed by atoms with Gasteiger partial charge in [0.1, 0.15) is 5.75 Å². The van der Waals surface area contributed by atoms with Gasteiger partial charge in [0.15, 0.2) is 11.5 Å². The summed E-state index contributed by atoms with van der Waals surface area (Å²) in [7, 11) is 1.76. The molecule has 0 bridgehead atoms. The summed E-state index contributed by atoms with van der Waals surface area (Å²) in [6.45, 7) is 4.57. The molecule has 1 N–H and O–H groups in total. The van der Waals surface area contributed by atoms with Crippen molar-refractivity contribution in [1.82, 2.24) is 20.1 Å². The smallest absolute Gasteiger partial charge is 0.274 e. The molecule has 3 rings (SSSR count). The predicted octanol–water partition coefficient (Wildman–Crippen LogP) is 3.72. The SMILES string of the molecule is CC(C)Oc1ccc(Nc2ccc(C(=O)N(C)CCc3ccncc3)nn2)cc1. The molecule has 0 spiro atoms. The lowest BCUT2D eigenvalue weighted by atomic mass is 10.2. The van der Waals surface area contributed by atoms with Gasteiger partial charge in [0.05, 0.1) is 6.10 Å². The number of pyridine rings is 1. The van der Waals surface area contributed by atoms with Crippen molar-refractivity contribution in [3.63, 3.8) is 0 Å². The van der Waals surface area contributed by atoms with E-state index in [1.807, 2.05) is 50.2 Å². The fourth-order valence-electron chi connectivity index (χ4n) is 2.69. The number of nitrogens with one attached hydrogen (secondary N) is 1. The van der Waals surface area contributed by atoms with Crippen LogP contribution in [-0.2, 0) is 6.42 Å². The minimum Gasteiger partial charge on any atom is -0.491 e. The summed E-state index contributed by atoms with van der Waals surface area (Å²) < 4.78 is 5.63. The van der Waals surface area contributed by atoms with Crippen LogP contribution in [-0.4, -0.2) is 45.7 Å². The summed E-state index contributed by atoms with van der Waals surface area (Å²) in [4.78, 5) is 18.2. The van der Waals surface area contributed by atoms with Gasteiger partial charge in [-0.25, -0.2) is 0 Å². The minimum absolute atomic E-state index is 0.132. The first-order valence-corrected chi connectivity index (χ1v) is 9.53. The van der Waals surface area contributed by atoms with Gasteiger partial charge in [-0.15, -0.1) is 10.2 Å². The fraction of sp³-hybridized carbons (Fsp3) is 0.273. The van der Waals surface area contributed by atoms with E-state index in [0.29, 0.717) is 18.1 Å². The van der Waals surface area contributed by atoms with Crippen LogP contribution in [0, 0.1) is 0 Å². The van der Waals surface area contributed by atoms with E-state index < -0.39 is 0 Å². The molecule has 0 saturated heterocycles. The molecule has 0 saturated carbocycles. The van der Waals surface area contributed by atoms with Gasteiger partial charge < -0.3 is 15.0 Å². The number of nitrogens with zero attached hydrogens (tertiary/aromatic N) is 4. The second-order valence-corrected chi connectivity index (χ2v) is 6.95. The van der Waals surface area contributed by atoms with Crippen LogP contribution in [0.5, 0.6) is 5.75 Å². The zero-order valence-electron chi connectivity index (χ0n) is 16.9. The topological polar surface area (TPSA) is 80.2 Å². The molecule has 0 fully saturated rings. The number of aromatic nitrogens is 3. The molecule has 7 heteroatoms. The highest BCUT2D eigenvalue weighted by Gasteiger charge is 2.14. The first kappa shape index (κ1) is 20.3. The van der Waals surface area contributed by atoms with Gasteiger partial charge in [-0.1, -0.05) is 0 Å². The first-order valence-electron chi connectivity index (χ1n) is 9.53. The Hall–Kier alpha value is -3.48. The third-order valence-corrected chi connectivity index (χ3v) is 4.21. The van der Waals surface area contributed by atoms with Crippen LogP contribution in [0.1, 0.15) is 29.9 Å². The Balaban J connectivity index is 1.55. The summed E-state index contributed by atoms with van der Waals surface area (Å²) in [6, 6.07) is 14.9. The van der Waals surface area contributed by atoms with Gasteiger partial charge >= 0.3 is 0 Å². The van der Waals surface area contributed by atoms with E-state index in [1.165, 1.54) is 0 Å². The molecule has 0 unspecified atom stereocenters. The van der Waals surface area contributed by atoms with Gasteiger partial charge in [0.25, 0.3) is 5.91 Å². The van der Waals surface area contributed by atoms with Crippen LogP contribution in [0.4, 0.5) is 11.5 Å². The first-order chi connectivity index (χ1) is 14.0. The van der Waals surface area contributed by atoms with Crippen molar-refractivity contribution in [2.45, 2.75) is 26.4 Å². The molecule has 0 atom stereocenters. The largest absolute Gasteiger partial charge is 0.491 e. The number of anilines is 2. The highest BCUT2D eigenvalue weighted by atomic mass is 16.5. The number of carbonyl (C=O) groups excluding carboxylic acids is 1. The standard InChI is InChI=1S/C22H25N5O2/c1-16(2)29-19-6-4-18(5-7-19)24-21-9-8-20(25-26-21)22(28)27(3)15-12-17-10-13-23-14-11-17/h4-11,13-14,16H,12,15H2,1-3H3,(H,24,26). The maximum absolute atomic E-state index is 12.5. The van der Waals surface area contributed by atoms with Crippen LogP contribution in [0.25, 0.3) is 0 Å². The number of ether oxygens (including phenoxy) is 1. The Kier molecular flexibility index (Phi) is 6.73. The highest BCUT2D eigenvalue weighted by Crippen LogP contribution is 2.19. The average molecular weight is 391 g/mol. The summed E-state index contributed by atoms with van der Waals surface area (Å²) in [5.74, 6) is 1.22. The van der Waals surface area contributed by atoms with Gasteiger partial charge in [-0.2, -0.15) is 0 Å². The third-order valence-electron chi connectivity index (χ3n) is 4.21. The van der Waals surface area contributed by atoms with Crippen LogP contribution >= 0.6 is 0 Å². The second-order valence-electron chi connectivity index (χ2n) is 6.95. The van der Waals surface area contributed by atoms with Crippen molar-refractivity contribution < 1.29 is 9.53 Å². The Labute approximate surface area is 170 Å². The normalized spacial score (nSPS) is 10.6. The molecule has 1 amide bonds. The minimum atomic E-state index is -0.159. The van der Waals surface area contributed by atoms with E-state index in [-0.39, 0.29) is 12.0 Å². The lowest BCUT2D eigenvalue weighted by molar-refractivity contribution is 0.0789. The van der Waals surface area contributed by atoms with Crippen LogP contribution in [0.2, 0.25) is 0 Å². The number of rotatable bonds is 8. The number of carbonyl (C=O) groups is 1. The monoisotopic (exact) mass is 391 g/mol. The lowest BCUT2D eigenvalue weighted by Crippen LogP contribution is -2.29.